The van der Waals surface area contributed by atoms with Crippen LogP contribution in [0.3, 0.4) is 0 Å². The first-order valence-electron chi connectivity index (χ1n) is 19.0. The maximum Gasteiger partial charge on any atom is 0.412 e. The van der Waals surface area contributed by atoms with Gasteiger partial charge in [0.1, 0.15) is 11.5 Å². The monoisotopic (exact) mass is 734 g/mol. The normalized spacial score (nSPS) is 28.5. The third kappa shape index (κ3) is 8.71. The van der Waals surface area contributed by atoms with Crippen molar-refractivity contribution in [3.63, 3.8) is 0 Å². The number of aliphatic hydroxyl groups is 2. The fourth-order valence-electron chi connectivity index (χ4n) is 8.36. The van der Waals surface area contributed by atoms with E-state index in [-0.39, 0.29) is 48.7 Å². The number of amides is 1. The molecular formula is C41H54N2O8S. The number of carbonyl (C=O) groups excluding carboxylic acids is 1. The summed E-state index contributed by atoms with van der Waals surface area (Å²) in [6.07, 6.45) is 11.5. The molecule has 2 aromatic carbocycles. The Bertz CT molecular complexity index is 1550. The molecule has 0 aromatic heterocycles. The number of hydrogen-bond donors (Lipinski definition) is 3. The number of thioether (sulfide) groups is 1. The maximum atomic E-state index is 12.6. The zero-order valence-electron chi connectivity index (χ0n) is 30.3. The molecule has 3 N–H and O–H groups in total. The molecule has 4 aliphatic rings. The average molecular weight is 735 g/mol. The summed E-state index contributed by atoms with van der Waals surface area (Å²) in [5, 5.41) is 27.0. The molecule has 1 unspecified atom stereocenters. The van der Waals surface area contributed by atoms with Gasteiger partial charge in [-0.25, -0.2) is 4.79 Å². The molecule has 2 aliphatic carbocycles. The predicted octanol–water partition coefficient (Wildman–Crippen LogP) is 7.75. The number of ether oxygens (including phenoxy) is 4. The summed E-state index contributed by atoms with van der Waals surface area (Å²) in [4.78, 5) is 19.9. The Labute approximate surface area is 312 Å². The summed E-state index contributed by atoms with van der Waals surface area (Å²) in [6.45, 7) is 7.52. The van der Waals surface area contributed by atoms with Crippen LogP contribution in [0.1, 0.15) is 82.6 Å². The Hall–Kier alpha value is -3.35. The first-order chi connectivity index (χ1) is 25.5. The second-order valence-corrected chi connectivity index (χ2v) is 15.3. The number of rotatable bonds is 17. The SMILES string of the molecule is C=CCO[C@@]12Oc3ccc(OC(=O)NCC)cc3[C@H]3[C@H](CCCCO)[C@@H](CCCCO)C=C(C(=NOC4CCCCO4)C[C@@H]1Sc1ccccc1)[C@H]32. The standard InChI is InChI=1S/C41H54N2O8S/c1-3-23-48-41-36(52-30-15-6-5-7-16-30)27-34(43-51-37-18-10-13-24-47-37)32-25-28(14-8-11-21-44)31(17-9-12-22-45)38(39(32)41)33-26-29(19-20-35(33)50-41)49-40(46)42-4-2/h3,5-7,15-16,19-20,25-26,28,31,36-39,44-45H,1,4,8-14,17-18,21-24,27H2,2H3,(H,42,46)/t28-,31+,36-,37?,38+,39+,41+/m0/s1. The molecule has 11 heteroatoms. The number of nitrogens with one attached hydrogen (secondary N) is 1. The van der Waals surface area contributed by atoms with E-state index in [0.717, 1.165) is 66.7 Å². The Morgan fingerprint density at radius 1 is 1.10 bits per heavy atom. The number of fused-ring (bicyclic) bond motifs is 2. The molecule has 2 fully saturated rings. The van der Waals surface area contributed by atoms with Crippen LogP contribution in [0.4, 0.5) is 4.79 Å². The Balaban J connectivity index is 1.54. The highest BCUT2D eigenvalue weighted by Crippen LogP contribution is 2.63. The minimum Gasteiger partial charge on any atom is -0.460 e. The van der Waals surface area contributed by atoms with Crippen LogP contribution < -0.4 is 14.8 Å². The van der Waals surface area contributed by atoms with E-state index in [4.69, 9.17) is 28.9 Å². The number of aliphatic hydroxyl groups excluding tert-OH is 2. The highest BCUT2D eigenvalue weighted by Gasteiger charge is 2.64. The van der Waals surface area contributed by atoms with Crippen LogP contribution in [-0.2, 0) is 14.3 Å². The topological polar surface area (TPSA) is 128 Å². The quantitative estimate of drug-likeness (QED) is 0.0850. The van der Waals surface area contributed by atoms with Crippen LogP contribution >= 0.6 is 11.8 Å². The summed E-state index contributed by atoms with van der Waals surface area (Å²) in [7, 11) is 0. The lowest BCUT2D eigenvalue weighted by Gasteiger charge is -2.58. The average Bonchev–Trinajstić information content (AvgIpc) is 3.16. The van der Waals surface area contributed by atoms with E-state index < -0.39 is 18.2 Å². The molecule has 10 nitrogen and oxygen atoms in total. The molecule has 52 heavy (non-hydrogen) atoms. The molecule has 2 aromatic rings. The van der Waals surface area contributed by atoms with Gasteiger partial charge in [-0.1, -0.05) is 48.3 Å². The van der Waals surface area contributed by atoms with Crippen LogP contribution in [0, 0.1) is 17.8 Å². The summed E-state index contributed by atoms with van der Waals surface area (Å²) in [6, 6.07) is 15.9. The van der Waals surface area contributed by atoms with E-state index >= 15 is 0 Å². The van der Waals surface area contributed by atoms with Gasteiger partial charge in [0.15, 0.2) is 0 Å². The molecule has 2 aliphatic heterocycles. The van der Waals surface area contributed by atoms with E-state index in [0.29, 0.717) is 43.9 Å². The molecule has 1 saturated carbocycles. The number of carbonyl (C=O) groups is 1. The molecule has 1 amide bonds. The first kappa shape index (κ1) is 38.4. The summed E-state index contributed by atoms with van der Waals surface area (Å²) < 4.78 is 25.9. The van der Waals surface area contributed by atoms with Gasteiger partial charge < -0.3 is 39.3 Å². The van der Waals surface area contributed by atoms with E-state index in [1.54, 1.807) is 23.9 Å². The summed E-state index contributed by atoms with van der Waals surface area (Å²) >= 11 is 1.72. The lowest BCUT2D eigenvalue weighted by Crippen LogP contribution is -2.64. The second kappa shape index (κ2) is 18.6. The summed E-state index contributed by atoms with van der Waals surface area (Å²) in [5.74, 6) is -0.0953. The van der Waals surface area contributed by atoms with Crippen molar-refractivity contribution in [3.05, 3.63) is 78.4 Å². The van der Waals surface area contributed by atoms with Crippen molar-refractivity contribution in [2.75, 3.05) is 33.0 Å². The van der Waals surface area contributed by atoms with E-state index in [9.17, 15) is 15.0 Å². The van der Waals surface area contributed by atoms with Gasteiger partial charge in [-0.3, -0.25) is 0 Å². The zero-order chi connectivity index (χ0) is 36.3. The van der Waals surface area contributed by atoms with Crippen LogP contribution in [0.5, 0.6) is 11.5 Å². The zero-order valence-corrected chi connectivity index (χ0v) is 31.1. The molecule has 0 radical (unpaired) electrons. The van der Waals surface area contributed by atoms with Crippen molar-refractivity contribution in [2.24, 2.45) is 22.9 Å². The number of benzene rings is 2. The maximum absolute atomic E-state index is 12.6. The van der Waals surface area contributed by atoms with Gasteiger partial charge in [-0.2, -0.15) is 0 Å². The number of allylic oxidation sites excluding steroid dienone is 1. The molecular weight excluding hydrogens is 681 g/mol. The largest absolute Gasteiger partial charge is 0.460 e. The van der Waals surface area contributed by atoms with E-state index in [1.165, 1.54) is 0 Å². The lowest BCUT2D eigenvalue weighted by atomic mass is 9.56. The Morgan fingerprint density at radius 2 is 1.90 bits per heavy atom. The predicted molar refractivity (Wildman–Crippen MR) is 202 cm³/mol. The van der Waals surface area contributed by atoms with Crippen LogP contribution in [0.15, 0.2) is 82.9 Å². The van der Waals surface area contributed by atoms with Crippen molar-refractivity contribution >= 4 is 23.6 Å². The van der Waals surface area contributed by atoms with Gasteiger partial charge in [0.05, 0.1) is 30.1 Å². The van der Waals surface area contributed by atoms with Gasteiger partial charge in [0.2, 0.25) is 12.1 Å². The molecule has 282 valence electrons. The van der Waals surface area contributed by atoms with Gasteiger partial charge in [0.25, 0.3) is 0 Å². The fraction of sp³-hybridized carbons (Fsp3) is 0.561. The molecule has 0 spiro atoms. The molecule has 0 bridgehead atoms. The lowest BCUT2D eigenvalue weighted by molar-refractivity contribution is -0.223. The minimum atomic E-state index is -1.11. The highest BCUT2D eigenvalue weighted by molar-refractivity contribution is 8.00. The third-order valence-corrected chi connectivity index (χ3v) is 11.9. The van der Waals surface area contributed by atoms with Crippen molar-refractivity contribution in [3.8, 4) is 11.5 Å². The Kier molecular flexibility index (Phi) is 13.7. The minimum absolute atomic E-state index is 0.112. The number of nitrogens with zero attached hydrogens (tertiary/aromatic N) is 1. The number of unbranched alkanes of at least 4 members (excludes halogenated alkanes) is 2. The van der Waals surface area contributed by atoms with Gasteiger partial charge in [0, 0.05) is 49.0 Å². The van der Waals surface area contributed by atoms with Crippen LogP contribution in [-0.4, -0.2) is 72.3 Å². The smallest absolute Gasteiger partial charge is 0.412 e. The van der Waals surface area contributed by atoms with Crippen LogP contribution in [0.2, 0.25) is 0 Å². The van der Waals surface area contributed by atoms with Gasteiger partial charge in [-0.15, -0.1) is 18.3 Å². The van der Waals surface area contributed by atoms with Crippen molar-refractivity contribution in [2.45, 2.75) is 99.3 Å². The highest BCUT2D eigenvalue weighted by atomic mass is 32.2. The Morgan fingerprint density at radius 3 is 2.63 bits per heavy atom. The molecule has 2 heterocycles. The number of hydrogen-bond acceptors (Lipinski definition) is 10. The van der Waals surface area contributed by atoms with E-state index in [1.807, 2.05) is 37.3 Å². The van der Waals surface area contributed by atoms with Crippen LogP contribution in [0.25, 0.3) is 0 Å². The van der Waals surface area contributed by atoms with Crippen molar-refractivity contribution in [1.29, 1.82) is 0 Å². The van der Waals surface area contributed by atoms with Gasteiger partial charge in [-0.05, 0) is 93.2 Å². The summed E-state index contributed by atoms with van der Waals surface area (Å²) in [5.41, 5.74) is 2.86. The van der Waals surface area contributed by atoms with Gasteiger partial charge >= 0.3 is 6.09 Å². The molecule has 6 rings (SSSR count). The van der Waals surface area contributed by atoms with E-state index in [2.05, 4.69) is 30.1 Å². The molecule has 1 saturated heterocycles. The fourth-order valence-corrected chi connectivity index (χ4v) is 9.67. The van der Waals surface area contributed by atoms with Crippen molar-refractivity contribution < 1.29 is 38.8 Å². The second-order valence-electron chi connectivity index (χ2n) is 14.0. The molecule has 7 atom stereocenters. The first-order valence-corrected chi connectivity index (χ1v) is 19.9. The van der Waals surface area contributed by atoms with Crippen molar-refractivity contribution in [1.82, 2.24) is 5.32 Å². The third-order valence-electron chi connectivity index (χ3n) is 10.6. The number of oxime groups is 1.